The molecular weight excluding hydrogens is 328 g/mol. The number of aromatic nitrogens is 5. The fraction of sp³-hybridized carbons (Fsp3) is 0.421. The van der Waals surface area contributed by atoms with Crippen molar-refractivity contribution in [3.8, 4) is 0 Å². The third-order valence-electron chi connectivity index (χ3n) is 4.89. The number of rotatable bonds is 6. The summed E-state index contributed by atoms with van der Waals surface area (Å²) in [5, 5.41) is 4.29. The van der Waals surface area contributed by atoms with Gasteiger partial charge in [0, 0.05) is 69.5 Å². The van der Waals surface area contributed by atoms with Crippen molar-refractivity contribution in [1.82, 2.24) is 29.2 Å². The van der Waals surface area contributed by atoms with Gasteiger partial charge in [-0.3, -0.25) is 14.6 Å². The summed E-state index contributed by atoms with van der Waals surface area (Å²) < 4.78 is 10.0. The van der Waals surface area contributed by atoms with Gasteiger partial charge in [0.2, 0.25) is 0 Å². The van der Waals surface area contributed by atoms with Crippen molar-refractivity contribution in [3.63, 3.8) is 0 Å². The van der Waals surface area contributed by atoms with E-state index >= 15 is 0 Å². The molecular formula is C19H24N6O. The third-order valence-corrected chi connectivity index (χ3v) is 4.89. The molecule has 0 saturated heterocycles. The van der Waals surface area contributed by atoms with Gasteiger partial charge in [0.1, 0.15) is 0 Å². The van der Waals surface area contributed by atoms with Gasteiger partial charge in [-0.15, -0.1) is 0 Å². The monoisotopic (exact) mass is 352 g/mol. The lowest BCUT2D eigenvalue weighted by Crippen LogP contribution is -2.43. The van der Waals surface area contributed by atoms with Crippen molar-refractivity contribution in [1.29, 1.82) is 0 Å². The Hall–Kier alpha value is -2.51. The summed E-state index contributed by atoms with van der Waals surface area (Å²) >= 11 is 0. The molecule has 0 saturated carbocycles. The second kappa shape index (κ2) is 7.39. The Morgan fingerprint density at radius 1 is 1.23 bits per heavy atom. The van der Waals surface area contributed by atoms with Crippen molar-refractivity contribution in [2.45, 2.75) is 32.2 Å². The number of hydrogen-bond acceptors (Lipinski definition) is 5. The number of nitrogens with zero attached hydrogens (tertiary/aromatic N) is 6. The van der Waals surface area contributed by atoms with Gasteiger partial charge in [-0.25, -0.2) is 4.98 Å². The van der Waals surface area contributed by atoms with Crippen LogP contribution in [0, 0.1) is 0 Å². The average molecular weight is 352 g/mol. The second-order valence-corrected chi connectivity index (χ2v) is 6.91. The quantitative estimate of drug-likeness (QED) is 0.676. The minimum Gasteiger partial charge on any atom is -0.375 e. The summed E-state index contributed by atoms with van der Waals surface area (Å²) in [6.45, 7) is 2.96. The highest BCUT2D eigenvalue weighted by molar-refractivity contribution is 5.19. The van der Waals surface area contributed by atoms with E-state index in [1.54, 1.807) is 6.20 Å². The lowest BCUT2D eigenvalue weighted by Gasteiger charge is -2.35. The molecule has 7 heteroatoms. The van der Waals surface area contributed by atoms with Crippen LogP contribution in [0.15, 0.2) is 43.2 Å². The van der Waals surface area contributed by atoms with Crippen LogP contribution < -0.4 is 0 Å². The van der Waals surface area contributed by atoms with Gasteiger partial charge in [0.05, 0.1) is 31.4 Å². The molecule has 0 bridgehead atoms. The van der Waals surface area contributed by atoms with E-state index in [1.165, 1.54) is 17.0 Å². The molecule has 0 amide bonds. The molecule has 1 aliphatic heterocycles. The number of fused-ring (bicyclic) bond motifs is 1. The van der Waals surface area contributed by atoms with Crippen molar-refractivity contribution in [3.05, 3.63) is 65.8 Å². The molecule has 0 aliphatic carbocycles. The van der Waals surface area contributed by atoms with Gasteiger partial charge in [-0.1, -0.05) is 6.07 Å². The molecule has 3 aromatic rings. The van der Waals surface area contributed by atoms with E-state index in [0.29, 0.717) is 19.3 Å². The van der Waals surface area contributed by atoms with Gasteiger partial charge in [0.25, 0.3) is 0 Å². The summed E-state index contributed by atoms with van der Waals surface area (Å²) in [6.07, 6.45) is 10.5. The summed E-state index contributed by atoms with van der Waals surface area (Å²) in [4.78, 5) is 11.2. The van der Waals surface area contributed by atoms with E-state index in [9.17, 15) is 0 Å². The lowest BCUT2D eigenvalue weighted by molar-refractivity contribution is 0.0360. The van der Waals surface area contributed by atoms with Crippen LogP contribution in [-0.2, 0) is 44.9 Å². The number of aryl methyl sites for hydroxylation is 2. The number of ether oxygens (including phenoxy) is 1. The van der Waals surface area contributed by atoms with Crippen LogP contribution in [0.3, 0.4) is 0 Å². The fourth-order valence-electron chi connectivity index (χ4n) is 3.51. The molecule has 4 heterocycles. The first kappa shape index (κ1) is 16.9. The van der Waals surface area contributed by atoms with Gasteiger partial charge >= 0.3 is 0 Å². The number of hydrogen-bond donors (Lipinski definition) is 0. The Morgan fingerprint density at radius 2 is 2.15 bits per heavy atom. The lowest BCUT2D eigenvalue weighted by atomic mass is 10.0. The Labute approximate surface area is 153 Å². The predicted molar refractivity (Wildman–Crippen MR) is 97.0 cm³/mol. The molecule has 26 heavy (non-hydrogen) atoms. The van der Waals surface area contributed by atoms with E-state index in [0.717, 1.165) is 25.1 Å². The molecule has 0 radical (unpaired) electrons. The minimum atomic E-state index is 0.315. The van der Waals surface area contributed by atoms with E-state index in [2.05, 4.69) is 37.8 Å². The van der Waals surface area contributed by atoms with Crippen LogP contribution in [0.2, 0.25) is 0 Å². The van der Waals surface area contributed by atoms with Crippen molar-refractivity contribution >= 4 is 0 Å². The molecule has 1 aliphatic rings. The zero-order valence-electron chi connectivity index (χ0n) is 15.2. The van der Waals surface area contributed by atoms with Crippen LogP contribution in [0.5, 0.6) is 0 Å². The summed E-state index contributed by atoms with van der Waals surface area (Å²) in [5.74, 6) is 0. The Bertz CT molecular complexity index is 856. The summed E-state index contributed by atoms with van der Waals surface area (Å²) in [7, 11) is 4.02. The van der Waals surface area contributed by atoms with Crippen molar-refractivity contribution in [2.24, 2.45) is 14.1 Å². The molecule has 136 valence electrons. The number of imidazole rings is 1. The predicted octanol–water partition coefficient (Wildman–Crippen LogP) is 1.69. The van der Waals surface area contributed by atoms with E-state index in [-0.39, 0.29) is 0 Å². The first-order chi connectivity index (χ1) is 12.7. The fourth-order valence-corrected chi connectivity index (χ4v) is 3.51. The highest BCUT2D eigenvalue weighted by atomic mass is 16.5. The van der Waals surface area contributed by atoms with Crippen LogP contribution in [0.1, 0.15) is 22.5 Å². The van der Waals surface area contributed by atoms with Crippen molar-refractivity contribution < 1.29 is 4.74 Å². The third kappa shape index (κ3) is 3.68. The van der Waals surface area contributed by atoms with Crippen molar-refractivity contribution in [2.75, 3.05) is 6.61 Å². The van der Waals surface area contributed by atoms with Crippen LogP contribution >= 0.6 is 0 Å². The highest BCUT2D eigenvalue weighted by Gasteiger charge is 2.29. The van der Waals surface area contributed by atoms with Crippen LogP contribution in [0.4, 0.5) is 0 Å². The Morgan fingerprint density at radius 3 is 2.92 bits per heavy atom. The molecule has 7 nitrogen and oxygen atoms in total. The maximum Gasteiger partial charge on any atom is 0.0949 e. The molecule has 0 fully saturated rings. The van der Waals surface area contributed by atoms with Crippen LogP contribution in [0.25, 0.3) is 0 Å². The molecule has 4 rings (SSSR count). The largest absolute Gasteiger partial charge is 0.375 e. The minimum absolute atomic E-state index is 0.315. The molecule has 0 aromatic carbocycles. The molecule has 0 unspecified atom stereocenters. The Kier molecular flexibility index (Phi) is 4.81. The van der Waals surface area contributed by atoms with E-state index < -0.39 is 0 Å². The van der Waals surface area contributed by atoms with E-state index in [4.69, 9.17) is 4.74 Å². The highest BCUT2D eigenvalue weighted by Crippen LogP contribution is 2.24. The summed E-state index contributed by atoms with van der Waals surface area (Å²) in [6, 6.07) is 4.30. The molecule has 0 spiro atoms. The van der Waals surface area contributed by atoms with Gasteiger partial charge in [-0.2, -0.15) is 5.10 Å². The topological polar surface area (TPSA) is 61.0 Å². The maximum atomic E-state index is 6.03. The first-order valence-corrected chi connectivity index (χ1v) is 8.86. The Balaban J connectivity index is 1.46. The van der Waals surface area contributed by atoms with Gasteiger partial charge in [0.15, 0.2) is 0 Å². The summed E-state index contributed by atoms with van der Waals surface area (Å²) in [5.41, 5.74) is 4.79. The second-order valence-electron chi connectivity index (χ2n) is 6.91. The van der Waals surface area contributed by atoms with E-state index in [1.807, 2.05) is 42.6 Å². The SMILES string of the molecule is Cn1cc(CN2Cc3ncn(C)c3C[C@@H]2COCc2cccnc2)cn1. The smallest absolute Gasteiger partial charge is 0.0949 e. The van der Waals surface area contributed by atoms with Crippen LogP contribution in [-0.4, -0.2) is 41.9 Å². The standard InChI is InChI=1S/C19H24N6O/c1-23-14-21-18-11-25(10-16-8-22-24(2)9-16)17(6-19(18)23)13-26-12-15-4-3-5-20-7-15/h3-5,7-9,14,17H,6,10-13H2,1-2H3/t17-/m1/s1. The molecule has 0 N–H and O–H groups in total. The zero-order chi connectivity index (χ0) is 17.9. The number of pyridine rings is 1. The zero-order valence-corrected chi connectivity index (χ0v) is 15.2. The van der Waals surface area contributed by atoms with Gasteiger partial charge in [-0.05, 0) is 11.6 Å². The molecule has 1 atom stereocenters. The maximum absolute atomic E-state index is 6.03. The average Bonchev–Trinajstić information content (AvgIpc) is 3.22. The molecule has 3 aromatic heterocycles. The normalized spacial score (nSPS) is 17.4. The van der Waals surface area contributed by atoms with Gasteiger partial charge < -0.3 is 9.30 Å². The first-order valence-electron chi connectivity index (χ1n) is 8.86.